The number of halogens is 3. The third kappa shape index (κ3) is 5.05. The van der Waals surface area contributed by atoms with Crippen LogP contribution in [0.5, 0.6) is 5.75 Å². The highest BCUT2D eigenvalue weighted by molar-refractivity contribution is 5.90. The molecule has 0 radical (unpaired) electrons. The molecule has 1 aromatic heterocycles. The number of H-pyrrole nitrogens is 1. The van der Waals surface area contributed by atoms with Crippen molar-refractivity contribution in [3.05, 3.63) is 64.8 Å². The summed E-state index contributed by atoms with van der Waals surface area (Å²) in [5, 5.41) is 13.4. The topological polar surface area (TPSA) is 77.6 Å². The van der Waals surface area contributed by atoms with E-state index in [1.54, 1.807) is 31.4 Å². The third-order valence-corrected chi connectivity index (χ3v) is 6.55. The Morgan fingerprint density at radius 2 is 2.06 bits per heavy atom. The van der Waals surface area contributed by atoms with Gasteiger partial charge in [0.15, 0.2) is 0 Å². The molecule has 0 spiro atoms. The minimum absolute atomic E-state index is 0.164. The van der Waals surface area contributed by atoms with E-state index in [9.17, 15) is 23.1 Å². The van der Waals surface area contributed by atoms with E-state index in [-0.39, 0.29) is 17.6 Å². The molecule has 1 fully saturated rings. The maximum Gasteiger partial charge on any atom is 0.401 e. The molecule has 0 unspecified atom stereocenters. The number of aromatic carboxylic acids is 1. The molecule has 3 N–H and O–H groups in total. The molecule has 6 nitrogen and oxygen atoms in total. The zero-order valence-corrected chi connectivity index (χ0v) is 19.1. The summed E-state index contributed by atoms with van der Waals surface area (Å²) in [4.78, 5) is 17.3. The number of piperidine rings is 1. The Balaban J connectivity index is 1.70. The fraction of sp³-hybridized carbons (Fsp3) is 0.400. The molecule has 9 heteroatoms. The Kier molecular flexibility index (Phi) is 6.86. The Labute approximate surface area is 195 Å². The number of aryl methyl sites for hydroxylation is 1. The van der Waals surface area contributed by atoms with Gasteiger partial charge >= 0.3 is 12.1 Å². The summed E-state index contributed by atoms with van der Waals surface area (Å²) in [5.41, 5.74) is 3.77. The Hall–Kier alpha value is -3.04. The van der Waals surface area contributed by atoms with Crippen molar-refractivity contribution in [2.24, 2.45) is 0 Å². The van der Waals surface area contributed by atoms with Crippen molar-refractivity contribution < 1.29 is 27.8 Å². The molecule has 3 aromatic rings. The first-order valence-electron chi connectivity index (χ1n) is 11.2. The third-order valence-electron chi connectivity index (χ3n) is 6.55. The van der Waals surface area contributed by atoms with Crippen LogP contribution in [0.3, 0.4) is 0 Å². The van der Waals surface area contributed by atoms with Gasteiger partial charge in [0.1, 0.15) is 5.75 Å². The first-order chi connectivity index (χ1) is 16.2. The number of alkyl halides is 3. The molecule has 4 rings (SSSR count). The predicted molar refractivity (Wildman–Crippen MR) is 123 cm³/mol. The van der Waals surface area contributed by atoms with E-state index in [0.29, 0.717) is 31.5 Å². The minimum Gasteiger partial charge on any atom is -0.496 e. The molecule has 0 aliphatic carbocycles. The highest BCUT2D eigenvalue weighted by atomic mass is 19.4. The molecule has 1 aliphatic heterocycles. The molecule has 182 valence electrons. The van der Waals surface area contributed by atoms with Crippen molar-refractivity contribution >= 4 is 16.9 Å². The average Bonchev–Trinajstić information content (AvgIpc) is 3.30. The van der Waals surface area contributed by atoms with Gasteiger partial charge in [-0.25, -0.2) is 4.79 Å². The number of carbonyl (C=O) groups is 1. The van der Waals surface area contributed by atoms with Crippen molar-refractivity contribution in [3.8, 4) is 5.75 Å². The lowest BCUT2D eigenvalue weighted by atomic mass is 9.88. The molecule has 1 saturated heterocycles. The van der Waals surface area contributed by atoms with E-state index in [0.717, 1.165) is 27.8 Å². The predicted octanol–water partition coefficient (Wildman–Crippen LogP) is 5.04. The maximum absolute atomic E-state index is 12.8. The van der Waals surface area contributed by atoms with Crippen LogP contribution in [0.25, 0.3) is 10.9 Å². The van der Waals surface area contributed by atoms with Crippen LogP contribution in [0.1, 0.15) is 45.9 Å². The summed E-state index contributed by atoms with van der Waals surface area (Å²) in [6.07, 6.45) is -1.55. The van der Waals surface area contributed by atoms with Gasteiger partial charge in [0, 0.05) is 47.8 Å². The summed E-state index contributed by atoms with van der Waals surface area (Å²) < 4.78 is 44.2. The van der Waals surface area contributed by atoms with Crippen LogP contribution >= 0.6 is 0 Å². The molecule has 1 aliphatic rings. The standard InChI is InChI=1S/C25H28F3N3O3/c1-15-11-22(34-2)20(18-7-9-29-23(15)18)13-31-10-8-16(30-14-25(26,27)28)12-21(31)17-5-3-4-6-19(17)24(32)33/h3-7,9,11,16,21,29-30H,8,10,12-14H2,1-2H3,(H,32,33)/t16-,21-/m0/s1. The first kappa shape index (κ1) is 24.1. The monoisotopic (exact) mass is 475 g/mol. The molecule has 2 aromatic carbocycles. The second-order valence-corrected chi connectivity index (χ2v) is 8.74. The molecule has 0 bridgehead atoms. The zero-order valence-electron chi connectivity index (χ0n) is 19.1. The number of benzene rings is 2. The molecule has 2 atom stereocenters. The van der Waals surface area contributed by atoms with Crippen molar-refractivity contribution in [2.45, 2.75) is 44.6 Å². The van der Waals surface area contributed by atoms with Crippen LogP contribution in [0.15, 0.2) is 42.6 Å². The summed E-state index contributed by atoms with van der Waals surface area (Å²) >= 11 is 0. The number of hydrogen-bond donors (Lipinski definition) is 3. The number of likely N-dealkylation sites (tertiary alicyclic amines) is 1. The minimum atomic E-state index is -4.30. The van der Waals surface area contributed by atoms with Gasteiger partial charge in [0.25, 0.3) is 0 Å². The quantitative estimate of drug-likeness (QED) is 0.446. The second kappa shape index (κ2) is 9.68. The van der Waals surface area contributed by atoms with Gasteiger partial charge in [-0.05, 0) is 49.1 Å². The summed E-state index contributed by atoms with van der Waals surface area (Å²) in [7, 11) is 1.61. The molecule has 0 saturated carbocycles. The molecule has 34 heavy (non-hydrogen) atoms. The lowest BCUT2D eigenvalue weighted by molar-refractivity contribution is -0.127. The van der Waals surface area contributed by atoms with Gasteiger partial charge in [0.05, 0.1) is 19.2 Å². The number of fused-ring (bicyclic) bond motifs is 1. The van der Waals surface area contributed by atoms with Crippen LogP contribution < -0.4 is 10.1 Å². The highest BCUT2D eigenvalue weighted by Gasteiger charge is 2.35. The summed E-state index contributed by atoms with van der Waals surface area (Å²) in [5.74, 6) is -0.325. The van der Waals surface area contributed by atoms with Crippen molar-refractivity contribution in [2.75, 3.05) is 20.2 Å². The van der Waals surface area contributed by atoms with E-state index in [1.165, 1.54) is 0 Å². The normalized spacial score (nSPS) is 19.4. The molecular weight excluding hydrogens is 447 g/mol. The van der Waals surface area contributed by atoms with Crippen molar-refractivity contribution in [1.29, 1.82) is 0 Å². The van der Waals surface area contributed by atoms with Crippen LogP contribution in [0.2, 0.25) is 0 Å². The number of nitrogens with zero attached hydrogens (tertiary/aromatic N) is 1. The SMILES string of the molecule is COc1cc(C)c2[nH]ccc2c1CN1CC[C@H](NCC(F)(F)F)C[C@H]1c1ccccc1C(=O)O. The Bertz CT molecular complexity index is 1180. The maximum atomic E-state index is 12.8. The first-order valence-corrected chi connectivity index (χ1v) is 11.2. The number of aromatic nitrogens is 1. The second-order valence-electron chi connectivity index (χ2n) is 8.74. The number of carboxylic acids is 1. The fourth-order valence-electron chi connectivity index (χ4n) is 4.94. The number of aromatic amines is 1. The van der Waals surface area contributed by atoms with Crippen LogP contribution in [-0.4, -0.2) is 53.4 Å². The summed E-state index contributed by atoms with van der Waals surface area (Å²) in [6, 6.07) is 9.92. The Morgan fingerprint density at radius 3 is 2.76 bits per heavy atom. The van der Waals surface area contributed by atoms with E-state index in [1.807, 2.05) is 25.3 Å². The van der Waals surface area contributed by atoms with Gasteiger partial charge in [-0.3, -0.25) is 4.90 Å². The number of hydrogen-bond acceptors (Lipinski definition) is 4. The smallest absolute Gasteiger partial charge is 0.401 e. The Morgan fingerprint density at radius 1 is 1.29 bits per heavy atom. The number of nitrogens with one attached hydrogen (secondary N) is 2. The highest BCUT2D eigenvalue weighted by Crippen LogP contribution is 2.38. The van der Waals surface area contributed by atoms with Gasteiger partial charge in [-0.2, -0.15) is 13.2 Å². The van der Waals surface area contributed by atoms with Crippen LogP contribution in [0, 0.1) is 6.92 Å². The summed E-state index contributed by atoms with van der Waals surface area (Å²) in [6.45, 7) is 1.91. The van der Waals surface area contributed by atoms with E-state index in [4.69, 9.17) is 4.74 Å². The number of carboxylic acid groups (broad SMARTS) is 1. The van der Waals surface area contributed by atoms with Gasteiger partial charge < -0.3 is 20.1 Å². The lowest BCUT2D eigenvalue weighted by Gasteiger charge is -2.41. The number of rotatable bonds is 7. The van der Waals surface area contributed by atoms with Crippen LogP contribution in [-0.2, 0) is 6.54 Å². The van der Waals surface area contributed by atoms with E-state index in [2.05, 4.69) is 15.2 Å². The fourth-order valence-corrected chi connectivity index (χ4v) is 4.94. The lowest BCUT2D eigenvalue weighted by Crippen LogP contribution is -2.46. The average molecular weight is 476 g/mol. The molecule has 0 amide bonds. The van der Waals surface area contributed by atoms with E-state index < -0.39 is 18.7 Å². The number of ether oxygens (including phenoxy) is 1. The van der Waals surface area contributed by atoms with Crippen molar-refractivity contribution in [3.63, 3.8) is 0 Å². The zero-order chi connectivity index (χ0) is 24.5. The van der Waals surface area contributed by atoms with Gasteiger partial charge in [-0.15, -0.1) is 0 Å². The van der Waals surface area contributed by atoms with Gasteiger partial charge in [0.2, 0.25) is 0 Å². The molecular formula is C25H28F3N3O3. The van der Waals surface area contributed by atoms with E-state index >= 15 is 0 Å². The largest absolute Gasteiger partial charge is 0.496 e. The van der Waals surface area contributed by atoms with Gasteiger partial charge in [-0.1, -0.05) is 18.2 Å². The van der Waals surface area contributed by atoms with Crippen molar-refractivity contribution in [1.82, 2.24) is 15.2 Å². The molecule has 2 heterocycles. The van der Waals surface area contributed by atoms with Crippen LogP contribution in [0.4, 0.5) is 13.2 Å². The number of methoxy groups -OCH3 is 1.